The Morgan fingerprint density at radius 3 is 3.15 bits per heavy atom. The number of aliphatic hydroxyl groups is 1. The van der Waals surface area contributed by atoms with Crippen molar-refractivity contribution in [3.63, 3.8) is 0 Å². The van der Waals surface area contributed by atoms with Gasteiger partial charge in [0.1, 0.15) is 11.9 Å². The molecule has 20 heavy (non-hydrogen) atoms. The molecule has 1 amide bonds. The van der Waals surface area contributed by atoms with Crippen LogP contribution in [0.1, 0.15) is 42.4 Å². The zero-order chi connectivity index (χ0) is 14.1. The molecule has 0 radical (unpaired) electrons. The summed E-state index contributed by atoms with van der Waals surface area (Å²) >= 11 is 0. The number of aryl methyl sites for hydroxylation is 1. The molecule has 2 aliphatic rings. The molecule has 1 aliphatic carbocycles. The molecule has 0 aromatic heterocycles. The van der Waals surface area contributed by atoms with Crippen molar-refractivity contribution < 1.29 is 14.6 Å². The normalized spacial score (nSPS) is 21.0. The SMILES string of the molecule is CC(O)C(=O)NCCC1CCc2ccc3c(c21)CCO3. The summed E-state index contributed by atoms with van der Waals surface area (Å²) in [5, 5.41) is 12.0. The number of hydrogen-bond donors (Lipinski definition) is 2. The fourth-order valence-electron chi connectivity index (χ4n) is 3.36. The highest BCUT2D eigenvalue weighted by Crippen LogP contribution is 2.42. The van der Waals surface area contributed by atoms with Gasteiger partial charge in [-0.15, -0.1) is 0 Å². The molecule has 0 saturated heterocycles. The van der Waals surface area contributed by atoms with E-state index < -0.39 is 6.10 Å². The van der Waals surface area contributed by atoms with Gasteiger partial charge in [0, 0.05) is 18.5 Å². The molecule has 0 spiro atoms. The van der Waals surface area contributed by atoms with Crippen molar-refractivity contribution in [2.75, 3.05) is 13.2 Å². The van der Waals surface area contributed by atoms with E-state index in [9.17, 15) is 4.79 Å². The van der Waals surface area contributed by atoms with Crippen molar-refractivity contribution >= 4 is 5.91 Å². The highest BCUT2D eigenvalue weighted by atomic mass is 16.5. The van der Waals surface area contributed by atoms with E-state index in [1.807, 2.05) is 0 Å². The molecular formula is C16H21NO3. The van der Waals surface area contributed by atoms with Gasteiger partial charge in [0.25, 0.3) is 0 Å². The number of carbonyl (C=O) groups excluding carboxylic acids is 1. The average molecular weight is 275 g/mol. The molecule has 3 rings (SSSR count). The summed E-state index contributed by atoms with van der Waals surface area (Å²) in [6.45, 7) is 2.90. The lowest BCUT2D eigenvalue weighted by molar-refractivity contribution is -0.128. The van der Waals surface area contributed by atoms with Crippen molar-refractivity contribution in [1.29, 1.82) is 0 Å². The third-order valence-corrected chi connectivity index (χ3v) is 4.36. The lowest BCUT2D eigenvalue weighted by Crippen LogP contribution is -2.33. The number of benzene rings is 1. The Hall–Kier alpha value is -1.55. The topological polar surface area (TPSA) is 58.6 Å². The first-order valence-corrected chi connectivity index (χ1v) is 7.40. The van der Waals surface area contributed by atoms with E-state index in [4.69, 9.17) is 9.84 Å². The molecule has 1 aromatic carbocycles. The molecule has 4 heteroatoms. The number of nitrogens with one attached hydrogen (secondary N) is 1. The maximum atomic E-state index is 11.4. The second kappa shape index (κ2) is 5.44. The molecule has 2 atom stereocenters. The Kier molecular flexibility index (Phi) is 3.66. The maximum absolute atomic E-state index is 11.4. The van der Waals surface area contributed by atoms with E-state index in [0.717, 1.165) is 38.0 Å². The molecule has 2 unspecified atom stereocenters. The molecule has 2 N–H and O–H groups in total. The number of fused-ring (bicyclic) bond motifs is 3. The van der Waals surface area contributed by atoms with Crippen LogP contribution >= 0.6 is 0 Å². The van der Waals surface area contributed by atoms with Crippen molar-refractivity contribution in [2.45, 2.75) is 44.6 Å². The molecule has 1 aromatic rings. The summed E-state index contributed by atoms with van der Waals surface area (Å²) in [7, 11) is 0. The van der Waals surface area contributed by atoms with Crippen LogP contribution < -0.4 is 10.1 Å². The predicted molar refractivity (Wildman–Crippen MR) is 76.0 cm³/mol. The van der Waals surface area contributed by atoms with Gasteiger partial charge in [-0.1, -0.05) is 6.07 Å². The quantitative estimate of drug-likeness (QED) is 0.876. The molecule has 1 aliphatic heterocycles. The second-order valence-corrected chi connectivity index (χ2v) is 5.70. The summed E-state index contributed by atoms with van der Waals surface area (Å²) in [5.41, 5.74) is 4.29. The van der Waals surface area contributed by atoms with Crippen LogP contribution in [-0.2, 0) is 17.6 Å². The van der Waals surface area contributed by atoms with Crippen LogP contribution in [0.4, 0.5) is 0 Å². The van der Waals surface area contributed by atoms with Crippen LogP contribution in [0, 0.1) is 0 Å². The summed E-state index contributed by atoms with van der Waals surface area (Å²) in [5.74, 6) is 1.27. The first-order valence-electron chi connectivity index (χ1n) is 7.40. The first kappa shape index (κ1) is 13.4. The van der Waals surface area contributed by atoms with Crippen LogP contribution in [0.15, 0.2) is 12.1 Å². The molecular weight excluding hydrogens is 254 g/mol. The van der Waals surface area contributed by atoms with Gasteiger partial charge in [-0.2, -0.15) is 0 Å². The molecule has 0 saturated carbocycles. The summed E-state index contributed by atoms with van der Waals surface area (Å²) in [6.07, 6.45) is 3.29. The number of rotatable bonds is 4. The van der Waals surface area contributed by atoms with Crippen molar-refractivity contribution in [3.8, 4) is 5.75 Å². The maximum Gasteiger partial charge on any atom is 0.248 e. The zero-order valence-corrected chi connectivity index (χ0v) is 11.8. The molecule has 1 heterocycles. The lowest BCUT2D eigenvalue weighted by Gasteiger charge is -2.15. The fourth-order valence-corrected chi connectivity index (χ4v) is 3.36. The summed E-state index contributed by atoms with van der Waals surface area (Å²) in [4.78, 5) is 11.4. The van der Waals surface area contributed by atoms with Crippen LogP contribution in [0.25, 0.3) is 0 Å². The minimum absolute atomic E-state index is 0.287. The molecule has 108 valence electrons. The fraction of sp³-hybridized carbons (Fsp3) is 0.562. The van der Waals surface area contributed by atoms with Crippen molar-refractivity contribution in [1.82, 2.24) is 5.32 Å². The minimum atomic E-state index is -0.927. The Labute approximate surface area is 119 Å². The van der Waals surface area contributed by atoms with Crippen molar-refractivity contribution in [2.24, 2.45) is 0 Å². The number of amides is 1. The average Bonchev–Trinajstić information content (AvgIpc) is 3.03. The third-order valence-electron chi connectivity index (χ3n) is 4.36. The standard InChI is InChI=1S/C16H21NO3/c1-10(18)16(19)17-8-6-12-3-2-11-4-5-14-13(15(11)12)7-9-20-14/h4-5,10,12,18H,2-3,6-9H2,1H3,(H,17,19). The monoisotopic (exact) mass is 275 g/mol. The number of hydrogen-bond acceptors (Lipinski definition) is 3. The molecule has 0 fully saturated rings. The van der Waals surface area contributed by atoms with Crippen LogP contribution in [0.3, 0.4) is 0 Å². The summed E-state index contributed by atoms with van der Waals surface area (Å²) < 4.78 is 5.64. The van der Waals surface area contributed by atoms with E-state index in [1.54, 1.807) is 0 Å². The lowest BCUT2D eigenvalue weighted by atomic mass is 9.92. The smallest absolute Gasteiger partial charge is 0.248 e. The Morgan fingerprint density at radius 1 is 1.50 bits per heavy atom. The number of aliphatic hydroxyl groups excluding tert-OH is 1. The van der Waals surface area contributed by atoms with Gasteiger partial charge in [0.05, 0.1) is 6.61 Å². The van der Waals surface area contributed by atoms with Gasteiger partial charge in [0.15, 0.2) is 0 Å². The Morgan fingerprint density at radius 2 is 2.35 bits per heavy atom. The molecule has 4 nitrogen and oxygen atoms in total. The van der Waals surface area contributed by atoms with Gasteiger partial charge in [0.2, 0.25) is 5.91 Å². The number of ether oxygens (including phenoxy) is 1. The predicted octanol–water partition coefficient (Wildman–Crippen LogP) is 1.54. The van der Waals surface area contributed by atoms with E-state index >= 15 is 0 Å². The van der Waals surface area contributed by atoms with Crippen molar-refractivity contribution in [3.05, 3.63) is 28.8 Å². The van der Waals surface area contributed by atoms with E-state index in [1.165, 1.54) is 23.6 Å². The molecule has 0 bridgehead atoms. The Bertz CT molecular complexity index is 525. The third kappa shape index (κ3) is 2.40. The largest absolute Gasteiger partial charge is 0.493 e. The van der Waals surface area contributed by atoms with E-state index in [0.29, 0.717) is 12.5 Å². The van der Waals surface area contributed by atoms with Gasteiger partial charge >= 0.3 is 0 Å². The summed E-state index contributed by atoms with van der Waals surface area (Å²) in [6, 6.07) is 4.28. The number of carbonyl (C=O) groups is 1. The van der Waals surface area contributed by atoms with E-state index in [2.05, 4.69) is 17.4 Å². The van der Waals surface area contributed by atoms with Gasteiger partial charge in [-0.25, -0.2) is 0 Å². The Balaban J connectivity index is 1.67. The second-order valence-electron chi connectivity index (χ2n) is 5.70. The van der Waals surface area contributed by atoms with Gasteiger partial charge < -0.3 is 15.2 Å². The van der Waals surface area contributed by atoms with Crippen LogP contribution in [0.5, 0.6) is 5.75 Å². The first-order chi connectivity index (χ1) is 9.66. The van der Waals surface area contributed by atoms with E-state index in [-0.39, 0.29) is 5.91 Å². The van der Waals surface area contributed by atoms with Gasteiger partial charge in [-0.3, -0.25) is 4.79 Å². The highest BCUT2D eigenvalue weighted by Gasteiger charge is 2.29. The highest BCUT2D eigenvalue weighted by molar-refractivity contribution is 5.79. The minimum Gasteiger partial charge on any atom is -0.493 e. The van der Waals surface area contributed by atoms with Gasteiger partial charge in [-0.05, 0) is 49.3 Å². The zero-order valence-electron chi connectivity index (χ0n) is 11.8. The van der Waals surface area contributed by atoms with Crippen LogP contribution in [-0.4, -0.2) is 30.3 Å². The van der Waals surface area contributed by atoms with Crippen LogP contribution in [0.2, 0.25) is 0 Å².